The molecule has 1 fully saturated rings. The number of aryl methyl sites for hydroxylation is 1. The summed E-state index contributed by atoms with van der Waals surface area (Å²) < 4.78 is 0. The summed E-state index contributed by atoms with van der Waals surface area (Å²) in [5.41, 5.74) is 3.25. The SMILES string of the molecule is Cc1ccc(C(=O)Nc2cccc(CNC(=O)CCNC(=O)C3CC3C)c2)cc1. The maximum atomic E-state index is 12.3. The molecule has 2 unspecified atom stereocenters. The number of hydrogen-bond donors (Lipinski definition) is 3. The van der Waals surface area contributed by atoms with Crippen molar-refractivity contribution < 1.29 is 14.4 Å². The van der Waals surface area contributed by atoms with Gasteiger partial charge in [-0.2, -0.15) is 0 Å². The monoisotopic (exact) mass is 393 g/mol. The van der Waals surface area contributed by atoms with Gasteiger partial charge in [0.2, 0.25) is 11.8 Å². The summed E-state index contributed by atoms with van der Waals surface area (Å²) in [6, 6.07) is 14.7. The lowest BCUT2D eigenvalue weighted by Crippen LogP contribution is -2.31. The van der Waals surface area contributed by atoms with Gasteiger partial charge < -0.3 is 16.0 Å². The molecule has 152 valence electrons. The van der Waals surface area contributed by atoms with Gasteiger partial charge in [-0.3, -0.25) is 14.4 Å². The van der Waals surface area contributed by atoms with Crippen LogP contribution in [0.4, 0.5) is 5.69 Å². The third-order valence-corrected chi connectivity index (χ3v) is 5.09. The predicted octanol–water partition coefficient (Wildman–Crippen LogP) is 3.03. The highest BCUT2D eigenvalue weighted by Crippen LogP contribution is 2.37. The average Bonchev–Trinajstić information content (AvgIpc) is 3.44. The third kappa shape index (κ3) is 6.17. The zero-order valence-corrected chi connectivity index (χ0v) is 16.8. The van der Waals surface area contributed by atoms with Crippen LogP contribution in [-0.2, 0) is 16.1 Å². The number of anilines is 1. The molecule has 1 aliphatic carbocycles. The van der Waals surface area contributed by atoms with E-state index < -0.39 is 0 Å². The highest BCUT2D eigenvalue weighted by Gasteiger charge is 2.38. The summed E-state index contributed by atoms with van der Waals surface area (Å²) in [6.07, 6.45) is 1.19. The molecule has 0 radical (unpaired) electrons. The molecule has 29 heavy (non-hydrogen) atoms. The Balaban J connectivity index is 1.43. The van der Waals surface area contributed by atoms with Gasteiger partial charge in [-0.05, 0) is 49.1 Å². The molecule has 0 aliphatic heterocycles. The van der Waals surface area contributed by atoms with E-state index in [2.05, 4.69) is 16.0 Å². The van der Waals surface area contributed by atoms with Crippen LogP contribution < -0.4 is 16.0 Å². The Labute approximate surface area is 171 Å². The Morgan fingerprint density at radius 2 is 1.76 bits per heavy atom. The highest BCUT2D eigenvalue weighted by atomic mass is 16.2. The molecule has 6 heteroatoms. The summed E-state index contributed by atoms with van der Waals surface area (Å²) in [4.78, 5) is 36.1. The van der Waals surface area contributed by atoms with Crippen molar-refractivity contribution >= 4 is 23.4 Å². The van der Waals surface area contributed by atoms with E-state index in [1.54, 1.807) is 12.1 Å². The van der Waals surface area contributed by atoms with Crippen molar-refractivity contribution in [1.82, 2.24) is 10.6 Å². The second-order valence-electron chi connectivity index (χ2n) is 7.66. The average molecular weight is 393 g/mol. The number of amides is 3. The molecular weight excluding hydrogens is 366 g/mol. The summed E-state index contributed by atoms with van der Waals surface area (Å²) in [5.74, 6) is 0.330. The van der Waals surface area contributed by atoms with Crippen molar-refractivity contribution in [2.24, 2.45) is 11.8 Å². The Morgan fingerprint density at radius 3 is 2.45 bits per heavy atom. The number of rotatable bonds is 8. The molecule has 0 bridgehead atoms. The zero-order chi connectivity index (χ0) is 20.8. The van der Waals surface area contributed by atoms with E-state index in [-0.39, 0.29) is 30.1 Å². The fourth-order valence-electron chi connectivity index (χ4n) is 3.07. The van der Waals surface area contributed by atoms with Crippen molar-refractivity contribution in [3.63, 3.8) is 0 Å². The minimum Gasteiger partial charge on any atom is -0.355 e. The molecule has 0 saturated heterocycles. The normalized spacial score (nSPS) is 17.3. The minimum absolute atomic E-state index is 0.0438. The highest BCUT2D eigenvalue weighted by molar-refractivity contribution is 6.04. The fourth-order valence-corrected chi connectivity index (χ4v) is 3.07. The molecule has 0 aromatic heterocycles. The molecule has 2 aromatic rings. The first-order valence-electron chi connectivity index (χ1n) is 9.94. The van der Waals surface area contributed by atoms with Gasteiger partial charge in [0.15, 0.2) is 0 Å². The predicted molar refractivity (Wildman–Crippen MR) is 112 cm³/mol. The molecule has 3 rings (SSSR count). The third-order valence-electron chi connectivity index (χ3n) is 5.09. The quantitative estimate of drug-likeness (QED) is 0.644. The number of hydrogen-bond acceptors (Lipinski definition) is 3. The van der Waals surface area contributed by atoms with E-state index in [0.29, 0.717) is 30.3 Å². The van der Waals surface area contributed by atoms with Gasteiger partial charge >= 0.3 is 0 Å². The van der Waals surface area contributed by atoms with Crippen molar-refractivity contribution in [1.29, 1.82) is 0 Å². The topological polar surface area (TPSA) is 87.3 Å². The molecule has 3 amide bonds. The van der Waals surface area contributed by atoms with Gasteiger partial charge in [-0.1, -0.05) is 36.8 Å². The number of nitrogens with one attached hydrogen (secondary N) is 3. The van der Waals surface area contributed by atoms with E-state index in [4.69, 9.17) is 0 Å². The first-order valence-corrected chi connectivity index (χ1v) is 9.94. The molecule has 0 heterocycles. The van der Waals surface area contributed by atoms with E-state index in [9.17, 15) is 14.4 Å². The number of carbonyl (C=O) groups is 3. The van der Waals surface area contributed by atoms with Gasteiger partial charge in [-0.15, -0.1) is 0 Å². The van der Waals surface area contributed by atoms with E-state index in [0.717, 1.165) is 17.5 Å². The Hall–Kier alpha value is -3.15. The Morgan fingerprint density at radius 1 is 1.03 bits per heavy atom. The smallest absolute Gasteiger partial charge is 0.255 e. The van der Waals surface area contributed by atoms with Crippen LogP contribution in [0, 0.1) is 18.8 Å². The molecule has 1 aliphatic rings. The summed E-state index contributed by atoms with van der Waals surface area (Å²) in [6.45, 7) is 4.73. The van der Waals surface area contributed by atoms with Crippen LogP contribution in [0.25, 0.3) is 0 Å². The second-order valence-corrected chi connectivity index (χ2v) is 7.66. The molecule has 2 aromatic carbocycles. The van der Waals surface area contributed by atoms with Crippen LogP contribution >= 0.6 is 0 Å². The van der Waals surface area contributed by atoms with Crippen LogP contribution in [0.2, 0.25) is 0 Å². The number of benzene rings is 2. The first-order chi connectivity index (χ1) is 13.9. The van der Waals surface area contributed by atoms with E-state index in [1.807, 2.05) is 50.2 Å². The van der Waals surface area contributed by atoms with Crippen molar-refractivity contribution in [2.75, 3.05) is 11.9 Å². The maximum Gasteiger partial charge on any atom is 0.255 e. The molecule has 6 nitrogen and oxygen atoms in total. The summed E-state index contributed by atoms with van der Waals surface area (Å²) >= 11 is 0. The molecule has 0 spiro atoms. The van der Waals surface area contributed by atoms with Gasteiger partial charge in [0, 0.05) is 36.7 Å². The van der Waals surface area contributed by atoms with Crippen molar-refractivity contribution in [3.8, 4) is 0 Å². The largest absolute Gasteiger partial charge is 0.355 e. The van der Waals surface area contributed by atoms with Gasteiger partial charge in [0.1, 0.15) is 0 Å². The lowest BCUT2D eigenvalue weighted by molar-refractivity contribution is -0.123. The first kappa shape index (κ1) is 20.6. The molecular formula is C23H27N3O3. The lowest BCUT2D eigenvalue weighted by Gasteiger charge is -2.09. The lowest BCUT2D eigenvalue weighted by atomic mass is 10.1. The maximum absolute atomic E-state index is 12.3. The van der Waals surface area contributed by atoms with Crippen molar-refractivity contribution in [3.05, 3.63) is 65.2 Å². The number of carbonyl (C=O) groups excluding carboxylic acids is 3. The van der Waals surface area contributed by atoms with Crippen LogP contribution in [0.15, 0.2) is 48.5 Å². The van der Waals surface area contributed by atoms with Crippen molar-refractivity contribution in [2.45, 2.75) is 33.2 Å². The zero-order valence-electron chi connectivity index (χ0n) is 16.8. The minimum atomic E-state index is -0.174. The molecule has 3 N–H and O–H groups in total. The summed E-state index contributed by atoms with van der Waals surface area (Å²) in [7, 11) is 0. The Kier molecular flexibility index (Phi) is 6.65. The molecule has 1 saturated carbocycles. The fraction of sp³-hybridized carbons (Fsp3) is 0.348. The second kappa shape index (κ2) is 9.37. The van der Waals surface area contributed by atoms with E-state index in [1.165, 1.54) is 0 Å². The Bertz CT molecular complexity index is 892. The molecule has 2 atom stereocenters. The van der Waals surface area contributed by atoms with Gasteiger partial charge in [-0.25, -0.2) is 0 Å². The van der Waals surface area contributed by atoms with Crippen LogP contribution in [0.1, 0.15) is 41.3 Å². The van der Waals surface area contributed by atoms with Crippen LogP contribution in [0.3, 0.4) is 0 Å². The van der Waals surface area contributed by atoms with Crippen LogP contribution in [0.5, 0.6) is 0 Å². The van der Waals surface area contributed by atoms with Gasteiger partial charge in [0.05, 0.1) is 0 Å². The summed E-state index contributed by atoms with van der Waals surface area (Å²) in [5, 5.41) is 8.52. The van der Waals surface area contributed by atoms with Crippen LogP contribution in [-0.4, -0.2) is 24.3 Å². The standard InChI is InChI=1S/C23H27N3O3/c1-15-6-8-18(9-7-15)22(28)26-19-5-3-4-17(13-19)14-25-21(27)10-11-24-23(29)20-12-16(20)2/h3-9,13,16,20H,10-12,14H2,1-2H3,(H,24,29)(H,25,27)(H,26,28). The van der Waals surface area contributed by atoms with Gasteiger partial charge in [0.25, 0.3) is 5.91 Å². The van der Waals surface area contributed by atoms with E-state index >= 15 is 0 Å².